The van der Waals surface area contributed by atoms with Gasteiger partial charge in [-0.3, -0.25) is 4.79 Å². The number of amides is 1. The smallest absolute Gasteiger partial charge is 0.238 e. The molecule has 8 nitrogen and oxygen atoms in total. The molecule has 1 aliphatic heterocycles. The summed E-state index contributed by atoms with van der Waals surface area (Å²) >= 11 is 0. The number of fused-ring (bicyclic) bond motifs is 1. The highest BCUT2D eigenvalue weighted by Crippen LogP contribution is 2.30. The van der Waals surface area contributed by atoms with Crippen molar-refractivity contribution < 1.29 is 13.2 Å². The Balaban J connectivity index is 1.83. The molecule has 0 unspecified atom stereocenters. The largest absolute Gasteiger partial charge is 0.333 e. The minimum absolute atomic E-state index is 0.132. The van der Waals surface area contributed by atoms with Gasteiger partial charge >= 0.3 is 0 Å². The van der Waals surface area contributed by atoms with Gasteiger partial charge in [0.1, 0.15) is 0 Å². The lowest BCUT2D eigenvalue weighted by Gasteiger charge is -2.35. The van der Waals surface area contributed by atoms with E-state index in [9.17, 15) is 13.2 Å². The van der Waals surface area contributed by atoms with Crippen LogP contribution in [0.4, 0.5) is 0 Å². The van der Waals surface area contributed by atoms with Crippen LogP contribution in [0.1, 0.15) is 36.7 Å². The lowest BCUT2D eigenvalue weighted by atomic mass is 9.99. The Labute approximate surface area is 140 Å². The molecule has 1 N–H and O–H groups in total. The fraction of sp³-hybridized carbons (Fsp3) is 0.533. The molecule has 0 spiro atoms. The number of rotatable bonds is 4. The Bertz CT molecular complexity index is 861. The van der Waals surface area contributed by atoms with Gasteiger partial charge in [0, 0.05) is 18.8 Å². The zero-order valence-corrected chi connectivity index (χ0v) is 14.6. The van der Waals surface area contributed by atoms with E-state index in [1.807, 2.05) is 25.3 Å². The van der Waals surface area contributed by atoms with Gasteiger partial charge in [-0.25, -0.2) is 22.6 Å². The number of nitrogens with zero attached hydrogens (tertiary/aromatic N) is 4. The lowest BCUT2D eigenvalue weighted by Crippen LogP contribution is -2.44. The maximum absolute atomic E-state index is 12.4. The van der Waals surface area contributed by atoms with Gasteiger partial charge in [0.25, 0.3) is 0 Å². The minimum atomic E-state index is -3.39. The normalized spacial score (nSPS) is 18.9. The number of hydrogen-bond acceptors (Lipinski definition) is 5. The second kappa shape index (κ2) is 6.48. The van der Waals surface area contributed by atoms with E-state index in [2.05, 4.69) is 14.8 Å². The van der Waals surface area contributed by atoms with Crippen molar-refractivity contribution in [3.8, 4) is 0 Å². The molecule has 9 heteroatoms. The van der Waals surface area contributed by atoms with Crippen LogP contribution < -0.4 is 4.72 Å². The average Bonchev–Trinajstić information content (AvgIpc) is 2.91. The molecule has 3 heterocycles. The van der Waals surface area contributed by atoms with Crippen LogP contribution in [0.25, 0.3) is 5.65 Å². The summed E-state index contributed by atoms with van der Waals surface area (Å²) in [7, 11) is -3.39. The summed E-state index contributed by atoms with van der Waals surface area (Å²) in [6.45, 7) is 2.30. The number of aromatic nitrogens is 3. The molecular formula is C15H21N5O3S. The van der Waals surface area contributed by atoms with Gasteiger partial charge in [0.2, 0.25) is 15.9 Å². The second-order valence-corrected chi connectivity index (χ2v) is 7.97. The highest BCUT2D eigenvalue weighted by molar-refractivity contribution is 7.88. The van der Waals surface area contributed by atoms with Crippen LogP contribution in [-0.4, -0.2) is 53.2 Å². The number of hydrogen-bond donors (Lipinski definition) is 1. The predicted octanol–water partition coefficient (Wildman–Crippen LogP) is 0.641. The zero-order valence-electron chi connectivity index (χ0n) is 13.8. The van der Waals surface area contributed by atoms with Gasteiger partial charge in [0.05, 0.1) is 30.2 Å². The summed E-state index contributed by atoms with van der Waals surface area (Å²) in [5.41, 5.74) is 2.45. The topological polar surface area (TPSA) is 96.7 Å². The van der Waals surface area contributed by atoms with Gasteiger partial charge in [-0.1, -0.05) is 0 Å². The fourth-order valence-corrected chi connectivity index (χ4v) is 3.42. The molecule has 0 bridgehead atoms. The average molecular weight is 351 g/mol. The van der Waals surface area contributed by atoms with E-state index in [4.69, 9.17) is 0 Å². The van der Waals surface area contributed by atoms with Crippen molar-refractivity contribution in [2.45, 2.75) is 32.2 Å². The molecule has 0 aliphatic carbocycles. The van der Waals surface area contributed by atoms with Crippen molar-refractivity contribution in [1.82, 2.24) is 24.2 Å². The first-order valence-corrected chi connectivity index (χ1v) is 9.80. The molecule has 0 aromatic carbocycles. The summed E-state index contributed by atoms with van der Waals surface area (Å²) in [6, 6.07) is 3.64. The Hall–Kier alpha value is -2.00. The monoisotopic (exact) mass is 351 g/mol. The fourth-order valence-electron chi connectivity index (χ4n) is 3.03. The van der Waals surface area contributed by atoms with Crippen molar-refractivity contribution in [3.63, 3.8) is 0 Å². The minimum Gasteiger partial charge on any atom is -0.333 e. The van der Waals surface area contributed by atoms with Crippen LogP contribution in [0, 0.1) is 6.92 Å². The third-order valence-corrected chi connectivity index (χ3v) is 4.79. The molecule has 3 rings (SSSR count). The Morgan fingerprint density at radius 3 is 2.96 bits per heavy atom. The van der Waals surface area contributed by atoms with E-state index in [1.54, 1.807) is 9.42 Å². The maximum Gasteiger partial charge on any atom is 0.238 e. The molecule has 1 amide bonds. The summed E-state index contributed by atoms with van der Waals surface area (Å²) in [5.74, 6) is -0.225. The zero-order chi connectivity index (χ0) is 17.3. The van der Waals surface area contributed by atoms with Gasteiger partial charge in [0.15, 0.2) is 5.65 Å². The number of piperidine rings is 1. The van der Waals surface area contributed by atoms with Crippen molar-refractivity contribution in [3.05, 3.63) is 29.7 Å². The second-order valence-electron chi connectivity index (χ2n) is 6.13. The lowest BCUT2D eigenvalue weighted by molar-refractivity contribution is -0.133. The summed E-state index contributed by atoms with van der Waals surface area (Å²) in [5, 5.41) is 4.31. The molecule has 0 radical (unpaired) electrons. The number of sulfonamides is 1. The van der Waals surface area contributed by atoms with Gasteiger partial charge in [-0.05, 0) is 32.3 Å². The SMILES string of the molecule is Cc1cc2nc([C@H]3CCCCN3C(=O)CNS(C)(=O)=O)ccn2n1. The molecule has 0 saturated carbocycles. The molecule has 1 atom stereocenters. The standard InChI is InChI=1S/C15H21N5O3S/c1-11-9-14-17-12(6-8-20(14)18-11)13-5-3-4-7-19(13)15(21)10-16-24(2,22)23/h6,8-9,13,16H,3-5,7,10H2,1-2H3/t13-/m1/s1. The van der Waals surface area contributed by atoms with Crippen LogP contribution >= 0.6 is 0 Å². The van der Waals surface area contributed by atoms with E-state index in [1.165, 1.54) is 0 Å². The number of nitrogens with one attached hydrogen (secondary N) is 1. The molecule has 2 aromatic heterocycles. The first kappa shape index (κ1) is 16.8. The number of carbonyl (C=O) groups is 1. The van der Waals surface area contributed by atoms with Crippen LogP contribution in [0.5, 0.6) is 0 Å². The Kier molecular flexibility index (Phi) is 4.55. The maximum atomic E-state index is 12.4. The molecule has 1 aliphatic rings. The predicted molar refractivity (Wildman–Crippen MR) is 88.9 cm³/mol. The summed E-state index contributed by atoms with van der Waals surface area (Å²) in [6.07, 6.45) is 5.64. The van der Waals surface area contributed by atoms with Crippen molar-refractivity contribution >= 4 is 21.6 Å². The molecule has 2 aromatic rings. The van der Waals surface area contributed by atoms with E-state index in [0.717, 1.165) is 42.6 Å². The number of likely N-dealkylation sites (tertiary alicyclic amines) is 1. The van der Waals surface area contributed by atoms with Crippen molar-refractivity contribution in [2.24, 2.45) is 0 Å². The van der Waals surface area contributed by atoms with Crippen LogP contribution in [-0.2, 0) is 14.8 Å². The van der Waals surface area contributed by atoms with E-state index >= 15 is 0 Å². The third kappa shape index (κ3) is 3.73. The number of carbonyl (C=O) groups excluding carboxylic acids is 1. The van der Waals surface area contributed by atoms with E-state index in [0.29, 0.717) is 6.54 Å². The Morgan fingerprint density at radius 1 is 1.42 bits per heavy atom. The van der Waals surface area contributed by atoms with Crippen LogP contribution in [0.2, 0.25) is 0 Å². The highest BCUT2D eigenvalue weighted by atomic mass is 32.2. The summed E-state index contributed by atoms with van der Waals surface area (Å²) in [4.78, 5) is 18.8. The molecular weight excluding hydrogens is 330 g/mol. The van der Waals surface area contributed by atoms with Crippen LogP contribution in [0.15, 0.2) is 18.3 Å². The third-order valence-electron chi connectivity index (χ3n) is 4.12. The Morgan fingerprint density at radius 2 is 2.21 bits per heavy atom. The van der Waals surface area contributed by atoms with Crippen LogP contribution in [0.3, 0.4) is 0 Å². The van der Waals surface area contributed by atoms with Crippen molar-refractivity contribution in [2.75, 3.05) is 19.3 Å². The quantitative estimate of drug-likeness (QED) is 0.872. The van der Waals surface area contributed by atoms with Gasteiger partial charge in [-0.15, -0.1) is 0 Å². The highest BCUT2D eigenvalue weighted by Gasteiger charge is 2.29. The van der Waals surface area contributed by atoms with E-state index < -0.39 is 10.0 Å². The molecule has 1 fully saturated rings. The van der Waals surface area contributed by atoms with E-state index in [-0.39, 0.29) is 18.5 Å². The summed E-state index contributed by atoms with van der Waals surface area (Å²) < 4.78 is 26.4. The molecule has 1 saturated heterocycles. The molecule has 130 valence electrons. The molecule has 24 heavy (non-hydrogen) atoms. The first-order valence-electron chi connectivity index (χ1n) is 7.90. The first-order chi connectivity index (χ1) is 11.3. The van der Waals surface area contributed by atoms with Crippen molar-refractivity contribution in [1.29, 1.82) is 0 Å². The van der Waals surface area contributed by atoms with Gasteiger partial charge in [-0.2, -0.15) is 5.10 Å². The number of aryl methyl sites for hydroxylation is 1. The van der Waals surface area contributed by atoms with Gasteiger partial charge < -0.3 is 4.90 Å².